The predicted octanol–water partition coefficient (Wildman–Crippen LogP) is 4.15. The molecule has 0 spiro atoms. The smallest absolute Gasteiger partial charge is 0.312 e. The van der Waals surface area contributed by atoms with Crippen LogP contribution < -0.4 is 16.4 Å². The first-order valence-corrected chi connectivity index (χ1v) is 10.6. The number of nitrogens with one attached hydrogen (secondary N) is 2. The molecule has 0 radical (unpaired) electrons. The van der Waals surface area contributed by atoms with Crippen LogP contribution >= 0.6 is 11.3 Å². The third kappa shape index (κ3) is 6.43. The molecule has 3 amide bonds. The van der Waals surface area contributed by atoms with Gasteiger partial charge in [0.25, 0.3) is 0 Å². The van der Waals surface area contributed by atoms with Gasteiger partial charge in [0.15, 0.2) is 0 Å². The van der Waals surface area contributed by atoms with Crippen LogP contribution in [0.1, 0.15) is 41.0 Å². The van der Waals surface area contributed by atoms with Crippen molar-refractivity contribution in [3.8, 4) is 0 Å². The first kappa shape index (κ1) is 21.5. The monoisotopic (exact) mass is 423 g/mol. The molecule has 0 aliphatic carbocycles. The molecule has 0 aliphatic rings. The Morgan fingerprint density at radius 1 is 1.03 bits per heavy atom. The molecule has 3 aromatic rings. The first-order chi connectivity index (χ1) is 14.5. The number of primary amides is 1. The van der Waals surface area contributed by atoms with E-state index in [0.29, 0.717) is 18.5 Å². The van der Waals surface area contributed by atoms with Gasteiger partial charge in [0.05, 0.1) is 18.6 Å². The molecular formula is C23H25N3O3S. The fourth-order valence-electron chi connectivity index (χ4n) is 3.23. The minimum absolute atomic E-state index is 0.0837. The Labute approximate surface area is 179 Å². The molecule has 0 bridgehead atoms. The summed E-state index contributed by atoms with van der Waals surface area (Å²) in [5, 5.41) is 17.7. The van der Waals surface area contributed by atoms with E-state index < -0.39 is 18.2 Å². The Kier molecular flexibility index (Phi) is 7.59. The molecule has 3 rings (SSSR count). The van der Waals surface area contributed by atoms with Crippen LogP contribution in [-0.4, -0.2) is 17.0 Å². The van der Waals surface area contributed by atoms with E-state index in [9.17, 15) is 14.7 Å². The fraction of sp³-hybridized carbons (Fsp3) is 0.217. The average Bonchev–Trinajstić information content (AvgIpc) is 3.27. The number of hydrogen-bond acceptors (Lipinski definition) is 4. The van der Waals surface area contributed by atoms with E-state index in [2.05, 4.69) is 10.6 Å². The van der Waals surface area contributed by atoms with E-state index in [0.717, 1.165) is 16.0 Å². The quantitative estimate of drug-likeness (QED) is 0.415. The molecular weight excluding hydrogens is 398 g/mol. The molecule has 7 heteroatoms. The molecule has 6 nitrogen and oxygen atoms in total. The highest BCUT2D eigenvalue weighted by Gasteiger charge is 2.18. The highest BCUT2D eigenvalue weighted by Crippen LogP contribution is 2.23. The number of carbonyl (C=O) groups is 2. The number of urea groups is 1. The van der Waals surface area contributed by atoms with E-state index >= 15 is 0 Å². The minimum atomic E-state index is -0.667. The van der Waals surface area contributed by atoms with Crippen LogP contribution in [0.2, 0.25) is 0 Å². The zero-order valence-electron chi connectivity index (χ0n) is 16.5. The SMILES string of the molecule is NC(=O)NC(CC(=O)Nc1cccc(CCC(O)c2ccccc2)c1)c1cccs1. The van der Waals surface area contributed by atoms with Gasteiger partial charge in [-0.05, 0) is 47.5 Å². The van der Waals surface area contributed by atoms with Crippen molar-refractivity contribution in [2.75, 3.05) is 5.32 Å². The van der Waals surface area contributed by atoms with Crippen LogP contribution in [0.4, 0.5) is 10.5 Å². The van der Waals surface area contributed by atoms with Crippen LogP contribution in [0.5, 0.6) is 0 Å². The summed E-state index contributed by atoms with van der Waals surface area (Å²) in [6.07, 6.45) is 0.821. The van der Waals surface area contributed by atoms with Crippen LogP contribution in [0.15, 0.2) is 72.1 Å². The number of rotatable bonds is 9. The maximum atomic E-state index is 12.5. The second-order valence-electron chi connectivity index (χ2n) is 6.99. The molecule has 0 fully saturated rings. The lowest BCUT2D eigenvalue weighted by atomic mass is 10.0. The van der Waals surface area contributed by atoms with Crippen molar-refractivity contribution in [1.29, 1.82) is 0 Å². The molecule has 30 heavy (non-hydrogen) atoms. The van der Waals surface area contributed by atoms with Crippen molar-refractivity contribution in [2.24, 2.45) is 5.73 Å². The number of thiophene rings is 1. The Balaban J connectivity index is 1.57. The Morgan fingerprint density at radius 3 is 2.53 bits per heavy atom. The summed E-state index contributed by atoms with van der Waals surface area (Å²) in [5.41, 5.74) is 7.84. The molecule has 0 aliphatic heterocycles. The van der Waals surface area contributed by atoms with Gasteiger partial charge in [-0.3, -0.25) is 4.79 Å². The maximum absolute atomic E-state index is 12.5. The van der Waals surface area contributed by atoms with Crippen molar-refractivity contribution >= 4 is 29.0 Å². The Hall–Kier alpha value is -3.16. The number of anilines is 1. The zero-order chi connectivity index (χ0) is 21.3. The summed E-state index contributed by atoms with van der Waals surface area (Å²) in [5.74, 6) is -0.219. The number of amides is 3. The molecule has 0 saturated carbocycles. The average molecular weight is 424 g/mol. The molecule has 156 valence electrons. The molecule has 1 heterocycles. The number of carbonyl (C=O) groups excluding carboxylic acids is 2. The van der Waals surface area contributed by atoms with Crippen molar-refractivity contribution in [3.05, 3.63) is 88.1 Å². The number of aryl methyl sites for hydroxylation is 1. The molecule has 2 aromatic carbocycles. The highest BCUT2D eigenvalue weighted by atomic mass is 32.1. The second-order valence-corrected chi connectivity index (χ2v) is 7.97. The van der Waals surface area contributed by atoms with Crippen LogP contribution in [-0.2, 0) is 11.2 Å². The Morgan fingerprint density at radius 2 is 1.83 bits per heavy atom. The van der Waals surface area contributed by atoms with Gasteiger partial charge in [0.2, 0.25) is 5.91 Å². The first-order valence-electron chi connectivity index (χ1n) is 9.72. The maximum Gasteiger partial charge on any atom is 0.312 e. The number of nitrogens with two attached hydrogens (primary N) is 1. The summed E-state index contributed by atoms with van der Waals surface area (Å²) in [6, 6.07) is 19.7. The Bertz CT molecular complexity index is 961. The summed E-state index contributed by atoms with van der Waals surface area (Å²) < 4.78 is 0. The van der Waals surface area contributed by atoms with Gasteiger partial charge in [0.1, 0.15) is 0 Å². The van der Waals surface area contributed by atoms with E-state index in [1.54, 1.807) is 0 Å². The van der Waals surface area contributed by atoms with Crippen LogP contribution in [0.3, 0.4) is 0 Å². The van der Waals surface area contributed by atoms with Gasteiger partial charge in [0, 0.05) is 10.6 Å². The lowest BCUT2D eigenvalue weighted by Crippen LogP contribution is -2.34. The molecule has 1 aromatic heterocycles. The third-order valence-electron chi connectivity index (χ3n) is 4.69. The van der Waals surface area contributed by atoms with Gasteiger partial charge >= 0.3 is 6.03 Å². The summed E-state index contributed by atoms with van der Waals surface area (Å²) in [7, 11) is 0. The van der Waals surface area contributed by atoms with Gasteiger partial charge in [-0.25, -0.2) is 4.79 Å². The normalized spacial score (nSPS) is 12.7. The number of hydrogen-bond donors (Lipinski definition) is 4. The lowest BCUT2D eigenvalue weighted by Gasteiger charge is -2.16. The number of aliphatic hydroxyl groups excluding tert-OH is 1. The van der Waals surface area contributed by atoms with Gasteiger partial charge < -0.3 is 21.5 Å². The van der Waals surface area contributed by atoms with E-state index in [-0.39, 0.29) is 12.3 Å². The van der Waals surface area contributed by atoms with Crippen molar-refractivity contribution in [3.63, 3.8) is 0 Å². The van der Waals surface area contributed by atoms with E-state index in [1.165, 1.54) is 11.3 Å². The van der Waals surface area contributed by atoms with E-state index in [1.807, 2.05) is 72.1 Å². The minimum Gasteiger partial charge on any atom is -0.388 e. The molecule has 2 atom stereocenters. The third-order valence-corrected chi connectivity index (χ3v) is 5.68. The predicted molar refractivity (Wildman–Crippen MR) is 119 cm³/mol. The second kappa shape index (κ2) is 10.6. The number of aliphatic hydroxyl groups is 1. The molecule has 5 N–H and O–H groups in total. The molecule has 0 saturated heterocycles. The summed E-state index contributed by atoms with van der Waals surface area (Å²) in [6.45, 7) is 0. The number of benzene rings is 2. The standard InChI is InChI=1S/C23H25N3O3S/c24-23(29)26-19(21-10-5-13-30-21)15-22(28)25-18-9-4-6-16(14-18)11-12-20(27)17-7-2-1-3-8-17/h1-10,13-14,19-20,27H,11-12,15H2,(H,25,28)(H3,24,26,29). The zero-order valence-corrected chi connectivity index (χ0v) is 17.3. The largest absolute Gasteiger partial charge is 0.388 e. The van der Waals surface area contributed by atoms with Gasteiger partial charge in [-0.1, -0.05) is 48.5 Å². The lowest BCUT2D eigenvalue weighted by molar-refractivity contribution is -0.116. The summed E-state index contributed by atoms with van der Waals surface area (Å²) >= 11 is 1.46. The topological polar surface area (TPSA) is 104 Å². The molecule has 2 unspecified atom stereocenters. The van der Waals surface area contributed by atoms with Gasteiger partial charge in [-0.15, -0.1) is 11.3 Å². The van der Waals surface area contributed by atoms with Gasteiger partial charge in [-0.2, -0.15) is 0 Å². The fourth-order valence-corrected chi connectivity index (χ4v) is 4.01. The highest BCUT2D eigenvalue weighted by molar-refractivity contribution is 7.10. The summed E-state index contributed by atoms with van der Waals surface area (Å²) in [4.78, 5) is 24.7. The van der Waals surface area contributed by atoms with E-state index in [4.69, 9.17) is 5.73 Å². The van der Waals surface area contributed by atoms with Crippen molar-refractivity contribution in [1.82, 2.24) is 5.32 Å². The van der Waals surface area contributed by atoms with Crippen LogP contribution in [0, 0.1) is 0 Å². The van der Waals surface area contributed by atoms with Crippen molar-refractivity contribution < 1.29 is 14.7 Å². The van der Waals surface area contributed by atoms with Crippen LogP contribution in [0.25, 0.3) is 0 Å². The van der Waals surface area contributed by atoms with Crippen molar-refractivity contribution in [2.45, 2.75) is 31.4 Å².